The third kappa shape index (κ3) is 2.31. The first-order chi connectivity index (χ1) is 6.79. The van der Waals surface area contributed by atoms with Crippen molar-refractivity contribution >= 4 is 0 Å². The lowest BCUT2D eigenvalue weighted by Crippen LogP contribution is -2.35. The first-order valence-electron chi connectivity index (χ1n) is 6.55. The Bertz CT molecular complexity index is 172. The van der Waals surface area contributed by atoms with E-state index in [9.17, 15) is 0 Å². The van der Waals surface area contributed by atoms with E-state index in [4.69, 9.17) is 5.73 Å². The fourth-order valence-corrected chi connectivity index (χ4v) is 3.68. The first kappa shape index (κ1) is 10.5. The van der Waals surface area contributed by atoms with Crippen molar-refractivity contribution in [1.29, 1.82) is 0 Å². The molecule has 2 aliphatic rings. The molecule has 1 heteroatoms. The summed E-state index contributed by atoms with van der Waals surface area (Å²) in [6.45, 7) is 2.33. The molecule has 0 heterocycles. The second kappa shape index (κ2) is 4.65. The van der Waals surface area contributed by atoms with E-state index in [1.165, 1.54) is 51.4 Å². The van der Waals surface area contributed by atoms with Crippen molar-refractivity contribution in [2.75, 3.05) is 0 Å². The predicted octanol–water partition coefficient (Wildman–Crippen LogP) is 3.33. The summed E-state index contributed by atoms with van der Waals surface area (Å²) in [6, 6.07) is 0.513. The van der Waals surface area contributed by atoms with E-state index in [1.807, 2.05) is 0 Å². The lowest BCUT2D eigenvalue weighted by Gasteiger charge is -2.36. The highest BCUT2D eigenvalue weighted by Crippen LogP contribution is 2.41. The van der Waals surface area contributed by atoms with Gasteiger partial charge >= 0.3 is 0 Å². The zero-order valence-electron chi connectivity index (χ0n) is 9.54. The van der Waals surface area contributed by atoms with Gasteiger partial charge in [-0.15, -0.1) is 0 Å². The predicted molar refractivity (Wildman–Crippen MR) is 61.1 cm³/mol. The van der Waals surface area contributed by atoms with Crippen molar-refractivity contribution in [2.24, 2.45) is 23.5 Å². The van der Waals surface area contributed by atoms with E-state index in [2.05, 4.69) is 6.92 Å². The highest BCUT2D eigenvalue weighted by Gasteiger charge is 2.32. The van der Waals surface area contributed by atoms with Crippen molar-refractivity contribution < 1.29 is 0 Å². The van der Waals surface area contributed by atoms with Crippen LogP contribution in [0.25, 0.3) is 0 Å². The van der Waals surface area contributed by atoms with E-state index in [0.717, 1.165) is 17.8 Å². The van der Waals surface area contributed by atoms with E-state index >= 15 is 0 Å². The molecule has 0 amide bonds. The van der Waals surface area contributed by atoms with Crippen LogP contribution in [0.2, 0.25) is 0 Å². The van der Waals surface area contributed by atoms with E-state index in [0.29, 0.717) is 6.04 Å². The summed E-state index contributed by atoms with van der Waals surface area (Å²) in [7, 11) is 0. The van der Waals surface area contributed by atoms with Gasteiger partial charge in [0.1, 0.15) is 0 Å². The molecule has 3 atom stereocenters. The van der Waals surface area contributed by atoms with Crippen molar-refractivity contribution in [3.05, 3.63) is 0 Å². The molecular formula is C13H25N. The molecule has 2 aliphatic carbocycles. The van der Waals surface area contributed by atoms with E-state index < -0.39 is 0 Å². The molecular weight excluding hydrogens is 170 g/mol. The van der Waals surface area contributed by atoms with Gasteiger partial charge in [-0.1, -0.05) is 39.0 Å². The molecule has 0 aliphatic heterocycles. The number of rotatable bonds is 2. The molecule has 2 N–H and O–H groups in total. The molecule has 1 nitrogen and oxygen atoms in total. The van der Waals surface area contributed by atoms with Gasteiger partial charge < -0.3 is 5.73 Å². The average Bonchev–Trinajstić information content (AvgIpc) is 2.69. The third-order valence-corrected chi connectivity index (χ3v) is 4.52. The maximum absolute atomic E-state index is 6.16. The molecule has 2 fully saturated rings. The monoisotopic (exact) mass is 195 g/mol. The van der Waals surface area contributed by atoms with Gasteiger partial charge in [0.05, 0.1) is 0 Å². The summed E-state index contributed by atoms with van der Waals surface area (Å²) in [5, 5.41) is 0. The Morgan fingerprint density at radius 1 is 1.00 bits per heavy atom. The first-order valence-corrected chi connectivity index (χ1v) is 6.55. The molecule has 0 aromatic rings. The van der Waals surface area contributed by atoms with Gasteiger partial charge in [-0.05, 0) is 37.0 Å². The highest BCUT2D eigenvalue weighted by atomic mass is 14.6. The number of hydrogen-bond donors (Lipinski definition) is 1. The Kier molecular flexibility index (Phi) is 3.48. The van der Waals surface area contributed by atoms with Crippen LogP contribution in [0, 0.1) is 17.8 Å². The zero-order chi connectivity index (χ0) is 9.97. The van der Waals surface area contributed by atoms with Crippen LogP contribution in [0.15, 0.2) is 0 Å². The molecule has 82 valence electrons. The van der Waals surface area contributed by atoms with Crippen LogP contribution in [0.4, 0.5) is 0 Å². The largest absolute Gasteiger partial charge is 0.328 e. The molecule has 0 radical (unpaired) electrons. The van der Waals surface area contributed by atoms with Crippen LogP contribution >= 0.6 is 0 Å². The van der Waals surface area contributed by atoms with Crippen LogP contribution < -0.4 is 5.73 Å². The fraction of sp³-hybridized carbons (Fsp3) is 1.00. The van der Waals surface area contributed by atoms with Crippen LogP contribution in [-0.4, -0.2) is 6.04 Å². The minimum atomic E-state index is 0.513. The molecule has 2 saturated carbocycles. The summed E-state index contributed by atoms with van der Waals surface area (Å²) in [5.41, 5.74) is 6.16. The Morgan fingerprint density at radius 2 is 1.71 bits per heavy atom. The van der Waals surface area contributed by atoms with Gasteiger partial charge in [-0.3, -0.25) is 0 Å². The summed E-state index contributed by atoms with van der Waals surface area (Å²) in [4.78, 5) is 0. The van der Waals surface area contributed by atoms with Crippen LogP contribution in [0.5, 0.6) is 0 Å². The maximum Gasteiger partial charge on any atom is 0.00442 e. The van der Waals surface area contributed by atoms with Crippen LogP contribution in [-0.2, 0) is 0 Å². The van der Waals surface area contributed by atoms with Crippen molar-refractivity contribution in [1.82, 2.24) is 0 Å². The van der Waals surface area contributed by atoms with Crippen LogP contribution in [0.1, 0.15) is 58.3 Å². The SMILES string of the molecule is CCC1CC(N)CC(C2CCCC2)C1. The normalized spacial score (nSPS) is 40.3. The lowest BCUT2D eigenvalue weighted by molar-refractivity contribution is 0.175. The second-order valence-corrected chi connectivity index (χ2v) is 5.55. The quantitative estimate of drug-likeness (QED) is 0.718. The topological polar surface area (TPSA) is 26.0 Å². The Hall–Kier alpha value is -0.0400. The Labute approximate surface area is 88.4 Å². The molecule has 0 saturated heterocycles. The number of nitrogens with two attached hydrogens (primary N) is 1. The standard InChI is InChI=1S/C13H25N/c1-2-10-7-12(9-13(14)8-10)11-5-3-4-6-11/h10-13H,2-9,14H2,1H3. The van der Waals surface area contributed by atoms with Crippen molar-refractivity contribution in [2.45, 2.75) is 64.3 Å². The smallest absolute Gasteiger partial charge is 0.00442 e. The van der Waals surface area contributed by atoms with Gasteiger partial charge in [0.2, 0.25) is 0 Å². The molecule has 0 aromatic carbocycles. The molecule has 0 aromatic heterocycles. The average molecular weight is 195 g/mol. The van der Waals surface area contributed by atoms with Crippen LogP contribution in [0.3, 0.4) is 0 Å². The van der Waals surface area contributed by atoms with Gasteiger partial charge in [0.15, 0.2) is 0 Å². The maximum atomic E-state index is 6.16. The zero-order valence-corrected chi connectivity index (χ0v) is 9.54. The molecule has 14 heavy (non-hydrogen) atoms. The highest BCUT2D eigenvalue weighted by molar-refractivity contribution is 4.85. The van der Waals surface area contributed by atoms with Gasteiger partial charge in [0, 0.05) is 6.04 Å². The van der Waals surface area contributed by atoms with Gasteiger partial charge in [0.25, 0.3) is 0 Å². The summed E-state index contributed by atoms with van der Waals surface area (Å²) >= 11 is 0. The molecule has 3 unspecified atom stereocenters. The minimum absolute atomic E-state index is 0.513. The number of hydrogen-bond acceptors (Lipinski definition) is 1. The fourth-order valence-electron chi connectivity index (χ4n) is 3.68. The second-order valence-electron chi connectivity index (χ2n) is 5.55. The van der Waals surface area contributed by atoms with Gasteiger partial charge in [-0.2, -0.15) is 0 Å². The van der Waals surface area contributed by atoms with E-state index in [1.54, 1.807) is 0 Å². The summed E-state index contributed by atoms with van der Waals surface area (Å²) < 4.78 is 0. The van der Waals surface area contributed by atoms with E-state index in [-0.39, 0.29) is 0 Å². The summed E-state index contributed by atoms with van der Waals surface area (Å²) in [6.07, 6.45) is 11.4. The lowest BCUT2D eigenvalue weighted by atomic mass is 9.72. The molecule has 0 spiro atoms. The third-order valence-electron chi connectivity index (χ3n) is 4.52. The Balaban J connectivity index is 1.90. The summed E-state index contributed by atoms with van der Waals surface area (Å²) in [5.74, 6) is 2.95. The van der Waals surface area contributed by atoms with Crippen molar-refractivity contribution in [3.63, 3.8) is 0 Å². The Morgan fingerprint density at radius 3 is 2.36 bits per heavy atom. The molecule has 0 bridgehead atoms. The van der Waals surface area contributed by atoms with Gasteiger partial charge in [-0.25, -0.2) is 0 Å². The van der Waals surface area contributed by atoms with Crippen molar-refractivity contribution in [3.8, 4) is 0 Å². The molecule has 2 rings (SSSR count). The minimum Gasteiger partial charge on any atom is -0.328 e.